The lowest BCUT2D eigenvalue weighted by Crippen LogP contribution is -2.48. The largest absolute Gasteiger partial charge is 0.351 e. The maximum atomic E-state index is 13.2. The van der Waals surface area contributed by atoms with Crippen molar-refractivity contribution >= 4 is 36.7 Å². The highest BCUT2D eigenvalue weighted by Gasteiger charge is 2.28. The van der Waals surface area contributed by atoms with E-state index in [1.54, 1.807) is 22.8 Å². The standard InChI is InChI=1S/C24H23BrN4O2S/c25-22-7-5-21-14-23(8-6-20(21)13-22)32(30,31)29-11-9-28(10-12-29)16-18-1-3-19(4-2-18)24-15-26-17-27-24/h1-8,13-15,17H,9-12,16H2,(H,26,27). The van der Waals surface area contributed by atoms with Gasteiger partial charge in [0.05, 0.1) is 16.9 Å². The normalized spacial score (nSPS) is 15.9. The monoisotopic (exact) mass is 510 g/mol. The molecule has 1 fully saturated rings. The van der Waals surface area contributed by atoms with E-state index in [1.165, 1.54) is 5.56 Å². The molecule has 1 N–H and O–H groups in total. The topological polar surface area (TPSA) is 69.3 Å². The molecule has 0 saturated carbocycles. The minimum atomic E-state index is -3.51. The van der Waals surface area contributed by atoms with Gasteiger partial charge < -0.3 is 4.98 Å². The van der Waals surface area contributed by atoms with E-state index in [1.807, 2.05) is 30.5 Å². The number of nitrogens with one attached hydrogen (secondary N) is 1. The molecule has 164 valence electrons. The van der Waals surface area contributed by atoms with E-state index in [4.69, 9.17) is 0 Å². The van der Waals surface area contributed by atoms with E-state index < -0.39 is 10.0 Å². The van der Waals surface area contributed by atoms with Crippen LogP contribution in [0.4, 0.5) is 0 Å². The van der Waals surface area contributed by atoms with E-state index in [0.29, 0.717) is 31.1 Å². The van der Waals surface area contributed by atoms with E-state index in [9.17, 15) is 8.42 Å². The summed E-state index contributed by atoms with van der Waals surface area (Å²) in [6.07, 6.45) is 3.55. The van der Waals surface area contributed by atoms with Crippen LogP contribution in [0.1, 0.15) is 5.56 Å². The van der Waals surface area contributed by atoms with Gasteiger partial charge in [0.15, 0.2) is 0 Å². The van der Waals surface area contributed by atoms with E-state index >= 15 is 0 Å². The molecule has 1 aliphatic heterocycles. The smallest absolute Gasteiger partial charge is 0.243 e. The van der Waals surface area contributed by atoms with E-state index in [2.05, 4.69) is 55.1 Å². The quantitative estimate of drug-likeness (QED) is 0.429. The van der Waals surface area contributed by atoms with Gasteiger partial charge in [-0.3, -0.25) is 4.90 Å². The van der Waals surface area contributed by atoms with Crippen LogP contribution in [0.3, 0.4) is 0 Å². The zero-order valence-corrected chi connectivity index (χ0v) is 19.8. The van der Waals surface area contributed by atoms with E-state index in [0.717, 1.165) is 33.0 Å². The van der Waals surface area contributed by atoms with Gasteiger partial charge in [-0.15, -0.1) is 0 Å². The van der Waals surface area contributed by atoms with Gasteiger partial charge in [-0.1, -0.05) is 52.3 Å². The molecule has 0 radical (unpaired) electrons. The number of aromatic nitrogens is 2. The fourth-order valence-electron chi connectivity index (χ4n) is 4.09. The fraction of sp³-hybridized carbons (Fsp3) is 0.208. The number of halogens is 1. The minimum absolute atomic E-state index is 0.356. The first-order valence-corrected chi connectivity index (χ1v) is 12.7. The third kappa shape index (κ3) is 4.36. The molecule has 0 bridgehead atoms. The van der Waals surface area contributed by atoms with Crippen molar-refractivity contribution in [2.45, 2.75) is 11.4 Å². The summed E-state index contributed by atoms with van der Waals surface area (Å²) in [6.45, 7) is 3.21. The number of aromatic amines is 1. The van der Waals surface area contributed by atoms with Gasteiger partial charge in [0.2, 0.25) is 10.0 Å². The van der Waals surface area contributed by atoms with Gasteiger partial charge >= 0.3 is 0 Å². The molecule has 4 aromatic rings. The van der Waals surface area contributed by atoms with Gasteiger partial charge in [-0.2, -0.15) is 4.31 Å². The van der Waals surface area contributed by atoms with Crippen molar-refractivity contribution in [1.82, 2.24) is 19.2 Å². The average molecular weight is 511 g/mol. The summed E-state index contributed by atoms with van der Waals surface area (Å²) in [7, 11) is -3.51. The Labute approximate surface area is 196 Å². The molecule has 0 aliphatic carbocycles. The van der Waals surface area contributed by atoms with Crippen molar-refractivity contribution in [3.05, 3.63) is 83.2 Å². The molecule has 1 aliphatic rings. The summed E-state index contributed by atoms with van der Waals surface area (Å²) in [6, 6.07) is 19.6. The second kappa shape index (κ2) is 8.78. The SMILES string of the molecule is O=S(=O)(c1ccc2cc(Br)ccc2c1)N1CCN(Cc2ccc(-c3c[nH]cn3)cc2)CC1. The van der Waals surface area contributed by atoms with Gasteiger partial charge in [-0.05, 0) is 40.6 Å². The number of H-pyrrole nitrogens is 1. The molecular formula is C24H23BrN4O2S. The molecule has 0 atom stereocenters. The Bertz CT molecular complexity index is 1330. The molecule has 0 amide bonds. The number of rotatable bonds is 5. The van der Waals surface area contributed by atoms with Gasteiger partial charge in [0, 0.05) is 49.0 Å². The molecule has 1 aromatic heterocycles. The molecule has 32 heavy (non-hydrogen) atoms. The second-order valence-corrected chi connectivity index (χ2v) is 10.8. The first-order chi connectivity index (χ1) is 15.5. The zero-order valence-electron chi connectivity index (χ0n) is 17.4. The number of nitrogens with zero attached hydrogens (tertiary/aromatic N) is 3. The minimum Gasteiger partial charge on any atom is -0.351 e. The maximum absolute atomic E-state index is 13.2. The van der Waals surface area contributed by atoms with Crippen LogP contribution >= 0.6 is 15.9 Å². The Balaban J connectivity index is 1.23. The van der Waals surface area contributed by atoms with Crippen molar-refractivity contribution in [3.8, 4) is 11.3 Å². The molecule has 2 heterocycles. The number of imidazole rings is 1. The van der Waals surface area contributed by atoms with Crippen molar-refractivity contribution in [2.24, 2.45) is 0 Å². The molecule has 5 rings (SSSR count). The summed E-state index contributed by atoms with van der Waals surface area (Å²) < 4.78 is 29.0. The number of piperazine rings is 1. The zero-order chi connectivity index (χ0) is 22.1. The Kier molecular flexibility index (Phi) is 5.86. The molecule has 8 heteroatoms. The number of hydrogen-bond donors (Lipinski definition) is 1. The van der Waals surface area contributed by atoms with Crippen LogP contribution in [-0.2, 0) is 16.6 Å². The fourth-order valence-corrected chi connectivity index (χ4v) is 5.93. The third-order valence-corrected chi connectivity index (χ3v) is 8.28. The van der Waals surface area contributed by atoms with Crippen LogP contribution in [0.2, 0.25) is 0 Å². The average Bonchev–Trinajstić information content (AvgIpc) is 3.34. The highest BCUT2D eigenvalue weighted by atomic mass is 79.9. The maximum Gasteiger partial charge on any atom is 0.243 e. The number of sulfonamides is 1. The summed E-state index contributed by atoms with van der Waals surface area (Å²) in [5.74, 6) is 0. The molecule has 0 unspecified atom stereocenters. The predicted molar refractivity (Wildman–Crippen MR) is 130 cm³/mol. The summed E-state index contributed by atoms with van der Waals surface area (Å²) >= 11 is 3.46. The third-order valence-electron chi connectivity index (χ3n) is 5.90. The van der Waals surface area contributed by atoms with Crippen molar-refractivity contribution in [1.29, 1.82) is 0 Å². The molecule has 0 spiro atoms. The summed E-state index contributed by atoms with van der Waals surface area (Å²) in [5.41, 5.74) is 3.21. The Hall–Kier alpha value is -2.52. The summed E-state index contributed by atoms with van der Waals surface area (Å²) in [5, 5.41) is 1.94. The van der Waals surface area contributed by atoms with Gasteiger partial charge in [0.25, 0.3) is 0 Å². The number of fused-ring (bicyclic) bond motifs is 1. The van der Waals surface area contributed by atoms with Crippen molar-refractivity contribution < 1.29 is 8.42 Å². The molecule has 6 nitrogen and oxygen atoms in total. The van der Waals surface area contributed by atoms with Crippen LogP contribution in [0, 0.1) is 0 Å². The van der Waals surface area contributed by atoms with E-state index in [-0.39, 0.29) is 0 Å². The van der Waals surface area contributed by atoms with Crippen molar-refractivity contribution in [3.63, 3.8) is 0 Å². The van der Waals surface area contributed by atoms with Gasteiger partial charge in [-0.25, -0.2) is 13.4 Å². The number of benzene rings is 3. The Morgan fingerprint density at radius 2 is 1.62 bits per heavy atom. The van der Waals surface area contributed by atoms with Crippen LogP contribution in [-0.4, -0.2) is 53.8 Å². The Morgan fingerprint density at radius 1 is 0.906 bits per heavy atom. The highest BCUT2D eigenvalue weighted by Crippen LogP contribution is 2.25. The molecular weight excluding hydrogens is 488 g/mol. The molecule has 3 aromatic carbocycles. The van der Waals surface area contributed by atoms with Gasteiger partial charge in [0.1, 0.15) is 0 Å². The lowest BCUT2D eigenvalue weighted by Gasteiger charge is -2.34. The lowest BCUT2D eigenvalue weighted by atomic mass is 10.1. The predicted octanol–water partition coefficient (Wildman–Crippen LogP) is 4.50. The molecule has 1 saturated heterocycles. The van der Waals surface area contributed by atoms with Crippen molar-refractivity contribution in [2.75, 3.05) is 26.2 Å². The number of hydrogen-bond acceptors (Lipinski definition) is 4. The lowest BCUT2D eigenvalue weighted by molar-refractivity contribution is 0.181. The van der Waals surface area contributed by atoms with Crippen LogP contribution < -0.4 is 0 Å². The van der Waals surface area contributed by atoms with Crippen LogP contribution in [0.15, 0.2) is 82.6 Å². The van der Waals surface area contributed by atoms with Crippen LogP contribution in [0.25, 0.3) is 22.0 Å². The van der Waals surface area contributed by atoms with Crippen LogP contribution in [0.5, 0.6) is 0 Å². The highest BCUT2D eigenvalue weighted by molar-refractivity contribution is 9.10. The second-order valence-electron chi connectivity index (χ2n) is 7.98. The summed E-state index contributed by atoms with van der Waals surface area (Å²) in [4.78, 5) is 9.91. The first-order valence-electron chi connectivity index (χ1n) is 10.5. The first kappa shape index (κ1) is 21.3. The Morgan fingerprint density at radius 3 is 2.34 bits per heavy atom.